The lowest BCUT2D eigenvalue weighted by atomic mass is 10.1. The van der Waals surface area contributed by atoms with Crippen LogP contribution in [0.2, 0.25) is 0 Å². The molecule has 0 atom stereocenters. The van der Waals surface area contributed by atoms with Crippen molar-refractivity contribution in [3.05, 3.63) is 66.2 Å². The Balaban J connectivity index is 1.84. The largest absolute Gasteiger partial charge is 0.505 e. The highest BCUT2D eigenvalue weighted by molar-refractivity contribution is 7.94. The molecular weight excluding hydrogens is 432 g/mol. The van der Waals surface area contributed by atoms with E-state index in [0.717, 1.165) is 0 Å². The van der Waals surface area contributed by atoms with Gasteiger partial charge in [-0.25, -0.2) is 10.2 Å². The third kappa shape index (κ3) is 4.81. The van der Waals surface area contributed by atoms with E-state index in [4.69, 9.17) is 5.26 Å². The summed E-state index contributed by atoms with van der Waals surface area (Å²) >= 11 is 0.686. The number of hydrogen-bond acceptors (Lipinski definition) is 11. The van der Waals surface area contributed by atoms with Crippen molar-refractivity contribution < 1.29 is 19.7 Å². The molecule has 0 saturated heterocycles. The zero-order valence-corrected chi connectivity index (χ0v) is 17.9. The number of aromatic nitrogens is 3. The van der Waals surface area contributed by atoms with Gasteiger partial charge in [0.1, 0.15) is 17.3 Å². The van der Waals surface area contributed by atoms with E-state index in [1.165, 1.54) is 0 Å². The molecule has 3 aromatic carbocycles. The summed E-state index contributed by atoms with van der Waals surface area (Å²) in [6, 6.07) is 16.2. The lowest BCUT2D eigenvalue weighted by Crippen LogP contribution is -2.03. The Labute approximate surface area is 187 Å². The predicted molar refractivity (Wildman–Crippen MR) is 119 cm³/mol. The molecule has 0 spiro atoms. The van der Waals surface area contributed by atoms with Gasteiger partial charge in [-0.05, 0) is 43.5 Å². The summed E-state index contributed by atoms with van der Waals surface area (Å²) in [4.78, 5) is 13.2. The number of azo groups is 1. The SMILES string of the molecule is Cc1nc(C)nc(Nc2cccc3cc(SOOO)c(N=Nc4ccccc4)c(O)c23)n1. The highest BCUT2D eigenvalue weighted by Gasteiger charge is 2.18. The molecule has 32 heavy (non-hydrogen) atoms. The normalized spacial score (nSPS) is 11.3. The first-order chi connectivity index (χ1) is 15.5. The summed E-state index contributed by atoms with van der Waals surface area (Å²) < 4.78 is 4.59. The average Bonchev–Trinajstić information content (AvgIpc) is 2.77. The van der Waals surface area contributed by atoms with Gasteiger partial charge in [-0.1, -0.05) is 35.4 Å². The number of anilines is 2. The van der Waals surface area contributed by atoms with Gasteiger partial charge in [-0.15, -0.1) is 9.45 Å². The molecule has 0 amide bonds. The van der Waals surface area contributed by atoms with Gasteiger partial charge in [0.25, 0.3) is 0 Å². The number of fused-ring (bicyclic) bond motifs is 1. The van der Waals surface area contributed by atoms with Crippen LogP contribution in [0, 0.1) is 13.8 Å². The molecule has 3 N–H and O–H groups in total. The second-order valence-corrected chi connectivity index (χ2v) is 7.36. The van der Waals surface area contributed by atoms with Crippen molar-refractivity contribution in [2.24, 2.45) is 10.2 Å². The molecule has 4 aromatic rings. The fourth-order valence-electron chi connectivity index (χ4n) is 3.11. The monoisotopic (exact) mass is 450 g/mol. The lowest BCUT2D eigenvalue weighted by molar-refractivity contribution is -0.432. The highest BCUT2D eigenvalue weighted by atomic mass is 32.2. The molecule has 0 bridgehead atoms. The summed E-state index contributed by atoms with van der Waals surface area (Å²) in [5.74, 6) is 1.35. The first-order valence-corrected chi connectivity index (χ1v) is 10.2. The number of aromatic hydroxyl groups is 1. The van der Waals surface area contributed by atoms with Crippen molar-refractivity contribution in [1.82, 2.24) is 15.0 Å². The summed E-state index contributed by atoms with van der Waals surface area (Å²) in [5, 5.41) is 36.2. The van der Waals surface area contributed by atoms with Gasteiger partial charge in [0.15, 0.2) is 5.75 Å². The molecule has 1 heterocycles. The second-order valence-electron chi connectivity index (χ2n) is 6.62. The predicted octanol–water partition coefficient (Wildman–Crippen LogP) is 5.93. The Hall–Kier alpha value is -3.64. The number of rotatable bonds is 7. The molecule has 0 aliphatic heterocycles. The van der Waals surface area contributed by atoms with Crippen LogP contribution in [0.25, 0.3) is 10.8 Å². The van der Waals surface area contributed by atoms with Crippen LogP contribution in [0.4, 0.5) is 23.0 Å². The van der Waals surface area contributed by atoms with Crippen LogP contribution in [0.5, 0.6) is 5.75 Å². The Morgan fingerprint density at radius 2 is 1.69 bits per heavy atom. The molecule has 10 nitrogen and oxygen atoms in total. The highest BCUT2D eigenvalue weighted by Crippen LogP contribution is 2.46. The van der Waals surface area contributed by atoms with Crippen molar-refractivity contribution in [2.45, 2.75) is 18.7 Å². The molecule has 0 aliphatic carbocycles. The van der Waals surface area contributed by atoms with E-state index in [1.54, 1.807) is 38.1 Å². The van der Waals surface area contributed by atoms with Crippen molar-refractivity contribution in [2.75, 3.05) is 5.32 Å². The standard InChI is InChI=1S/C21H18N6O4S/c1-12-22-13(2)24-21(23-12)25-16-10-6-7-14-11-17(32-31-30-29)19(20(28)18(14)16)27-26-15-8-4-3-5-9-15/h3-11,28-29H,1-2H3,(H,22,23,24,25). The number of hydrogen-bond donors (Lipinski definition) is 3. The Kier molecular flexibility index (Phi) is 6.52. The maximum Gasteiger partial charge on any atom is 0.230 e. The van der Waals surface area contributed by atoms with Gasteiger partial charge in [0.2, 0.25) is 5.95 Å². The number of aryl methyl sites for hydroxylation is 2. The van der Waals surface area contributed by atoms with E-state index in [2.05, 4.69) is 39.9 Å². The molecule has 162 valence electrons. The number of phenolic OH excluding ortho intramolecular Hbond substituents is 1. The number of nitrogens with zero attached hydrogens (tertiary/aromatic N) is 5. The second kappa shape index (κ2) is 9.66. The first kappa shape index (κ1) is 21.6. The minimum atomic E-state index is -0.142. The van der Waals surface area contributed by atoms with E-state index < -0.39 is 0 Å². The van der Waals surface area contributed by atoms with Crippen molar-refractivity contribution in [1.29, 1.82) is 0 Å². The van der Waals surface area contributed by atoms with E-state index in [1.807, 2.05) is 30.3 Å². The zero-order valence-electron chi connectivity index (χ0n) is 17.1. The zero-order chi connectivity index (χ0) is 22.5. The van der Waals surface area contributed by atoms with E-state index in [9.17, 15) is 5.11 Å². The number of benzene rings is 3. The van der Waals surface area contributed by atoms with Gasteiger partial charge < -0.3 is 10.4 Å². The first-order valence-electron chi connectivity index (χ1n) is 9.41. The molecule has 0 saturated carbocycles. The lowest BCUT2D eigenvalue weighted by Gasteiger charge is -2.13. The summed E-state index contributed by atoms with van der Waals surface area (Å²) in [6.07, 6.45) is 0. The summed E-state index contributed by atoms with van der Waals surface area (Å²) in [6.45, 7) is 3.55. The molecular formula is C21H18N6O4S. The van der Waals surface area contributed by atoms with Crippen LogP contribution in [0.1, 0.15) is 11.6 Å². The molecule has 0 unspecified atom stereocenters. The molecule has 0 fully saturated rings. The van der Waals surface area contributed by atoms with Crippen LogP contribution in [-0.4, -0.2) is 25.3 Å². The van der Waals surface area contributed by atoms with Crippen LogP contribution < -0.4 is 5.32 Å². The fraction of sp³-hybridized carbons (Fsp3) is 0.0952. The van der Waals surface area contributed by atoms with Crippen LogP contribution >= 0.6 is 12.0 Å². The van der Waals surface area contributed by atoms with E-state index >= 15 is 0 Å². The van der Waals surface area contributed by atoms with Crippen LogP contribution in [-0.2, 0) is 9.37 Å². The average molecular weight is 450 g/mol. The third-order valence-electron chi connectivity index (χ3n) is 4.36. The Bertz CT molecular complexity index is 1270. The maximum atomic E-state index is 11.2. The van der Waals surface area contributed by atoms with Crippen molar-refractivity contribution in [3.8, 4) is 5.75 Å². The smallest absolute Gasteiger partial charge is 0.230 e. The summed E-state index contributed by atoms with van der Waals surface area (Å²) in [7, 11) is 0. The quantitative estimate of drug-likeness (QED) is 0.135. The minimum absolute atomic E-state index is 0.140. The molecule has 11 heteroatoms. The number of phenols is 1. The molecule has 1 aromatic heterocycles. The van der Waals surface area contributed by atoms with Crippen LogP contribution in [0.15, 0.2) is 69.7 Å². The van der Waals surface area contributed by atoms with E-state index in [-0.39, 0.29) is 11.4 Å². The van der Waals surface area contributed by atoms with Crippen molar-refractivity contribution >= 4 is 45.8 Å². The summed E-state index contributed by atoms with van der Waals surface area (Å²) in [5.41, 5.74) is 1.31. The topological polar surface area (TPSA) is 134 Å². The Morgan fingerprint density at radius 1 is 0.938 bits per heavy atom. The maximum absolute atomic E-state index is 11.2. The van der Waals surface area contributed by atoms with Gasteiger partial charge in [0.05, 0.1) is 28.3 Å². The Morgan fingerprint density at radius 3 is 2.41 bits per heavy atom. The number of nitrogens with one attached hydrogen (secondary N) is 1. The van der Waals surface area contributed by atoms with Crippen molar-refractivity contribution in [3.63, 3.8) is 0 Å². The van der Waals surface area contributed by atoms with E-state index in [0.29, 0.717) is 56.7 Å². The van der Waals surface area contributed by atoms with Gasteiger partial charge >= 0.3 is 0 Å². The van der Waals surface area contributed by atoms with Gasteiger partial charge in [-0.3, -0.25) is 0 Å². The molecule has 0 aliphatic rings. The molecule has 4 rings (SSSR count). The minimum Gasteiger partial charge on any atom is -0.505 e. The fourth-order valence-corrected chi connectivity index (χ4v) is 3.61. The van der Waals surface area contributed by atoms with Gasteiger partial charge in [0, 0.05) is 5.39 Å². The molecule has 0 radical (unpaired) electrons. The third-order valence-corrected chi connectivity index (χ3v) is 4.98. The van der Waals surface area contributed by atoms with Gasteiger partial charge in [-0.2, -0.15) is 15.1 Å². The van der Waals surface area contributed by atoms with Crippen LogP contribution in [0.3, 0.4) is 0 Å².